The Bertz CT molecular complexity index is 1060. The van der Waals surface area contributed by atoms with Gasteiger partial charge in [0.2, 0.25) is 5.91 Å². The maximum atomic E-state index is 12.4. The third-order valence-electron chi connectivity index (χ3n) is 3.71. The first kappa shape index (κ1) is 17.6. The van der Waals surface area contributed by atoms with Gasteiger partial charge in [-0.15, -0.1) is 0 Å². The van der Waals surface area contributed by atoms with Crippen LogP contribution >= 0.6 is 11.6 Å². The Balaban J connectivity index is 1.83. The Kier molecular flexibility index (Phi) is 4.99. The smallest absolute Gasteiger partial charge is 0.337 e. The highest BCUT2D eigenvalue weighted by molar-refractivity contribution is 6.33. The van der Waals surface area contributed by atoms with Crippen molar-refractivity contribution in [3.05, 3.63) is 69.7 Å². The van der Waals surface area contributed by atoms with Crippen LogP contribution < -0.4 is 10.9 Å². The van der Waals surface area contributed by atoms with Crippen molar-refractivity contribution in [1.82, 2.24) is 9.55 Å². The lowest BCUT2D eigenvalue weighted by atomic mass is 10.2. The summed E-state index contributed by atoms with van der Waals surface area (Å²) < 4.78 is 5.84. The minimum Gasteiger partial charge on any atom is -0.465 e. The van der Waals surface area contributed by atoms with E-state index in [0.29, 0.717) is 10.9 Å². The van der Waals surface area contributed by atoms with Crippen LogP contribution in [0.1, 0.15) is 10.4 Å². The molecule has 0 aliphatic carbocycles. The first-order valence-electron chi connectivity index (χ1n) is 7.61. The number of benzene rings is 2. The number of aromatic nitrogens is 2. The van der Waals surface area contributed by atoms with Crippen LogP contribution in [0, 0.1) is 0 Å². The van der Waals surface area contributed by atoms with Crippen LogP contribution in [0.2, 0.25) is 5.02 Å². The number of hydrogen-bond donors (Lipinski definition) is 1. The van der Waals surface area contributed by atoms with Crippen LogP contribution in [0.3, 0.4) is 0 Å². The molecule has 0 saturated heterocycles. The van der Waals surface area contributed by atoms with Crippen LogP contribution in [0.25, 0.3) is 10.9 Å². The van der Waals surface area contributed by atoms with E-state index in [1.54, 1.807) is 24.3 Å². The number of anilines is 1. The Morgan fingerprint density at radius 2 is 2.00 bits per heavy atom. The topological polar surface area (TPSA) is 90.3 Å². The third-order valence-corrected chi connectivity index (χ3v) is 4.04. The van der Waals surface area contributed by atoms with E-state index >= 15 is 0 Å². The van der Waals surface area contributed by atoms with Crippen molar-refractivity contribution in [2.75, 3.05) is 12.4 Å². The van der Waals surface area contributed by atoms with Gasteiger partial charge in [-0.1, -0.05) is 23.7 Å². The molecule has 0 fully saturated rings. The fourth-order valence-electron chi connectivity index (χ4n) is 2.43. The number of nitrogens with zero attached hydrogens (tertiary/aromatic N) is 2. The van der Waals surface area contributed by atoms with Gasteiger partial charge < -0.3 is 10.1 Å². The van der Waals surface area contributed by atoms with E-state index in [1.165, 1.54) is 36.2 Å². The van der Waals surface area contributed by atoms with Gasteiger partial charge in [0.25, 0.3) is 5.56 Å². The molecule has 3 aromatic rings. The first-order valence-corrected chi connectivity index (χ1v) is 7.99. The molecule has 1 aromatic heterocycles. The molecule has 1 N–H and O–H groups in total. The molecule has 0 radical (unpaired) electrons. The summed E-state index contributed by atoms with van der Waals surface area (Å²) in [6.07, 6.45) is 1.32. The molecule has 1 amide bonds. The molecule has 0 aliphatic rings. The summed E-state index contributed by atoms with van der Waals surface area (Å²) in [5.74, 6) is -1.03. The second kappa shape index (κ2) is 7.37. The summed E-state index contributed by atoms with van der Waals surface area (Å²) in [7, 11) is 1.26. The minimum absolute atomic E-state index is 0.241. The molecule has 0 unspecified atom stereocenters. The highest BCUT2D eigenvalue weighted by Crippen LogP contribution is 2.23. The number of carbonyl (C=O) groups excluding carboxylic acids is 2. The molecular formula is C18H14ClN3O4. The summed E-state index contributed by atoms with van der Waals surface area (Å²) in [4.78, 5) is 40.5. The van der Waals surface area contributed by atoms with Gasteiger partial charge in [-0.2, -0.15) is 0 Å². The predicted octanol–water partition coefficient (Wildman–Crippen LogP) is 2.48. The Labute approximate surface area is 153 Å². The number of nitrogens with one attached hydrogen (secondary N) is 1. The molecular weight excluding hydrogens is 358 g/mol. The number of carbonyl (C=O) groups is 2. The number of rotatable bonds is 4. The normalized spacial score (nSPS) is 10.5. The van der Waals surface area contributed by atoms with Crippen LogP contribution in [0.5, 0.6) is 0 Å². The highest BCUT2D eigenvalue weighted by Gasteiger charge is 2.13. The maximum Gasteiger partial charge on any atom is 0.337 e. The largest absolute Gasteiger partial charge is 0.465 e. The minimum atomic E-state index is -0.549. The van der Waals surface area contributed by atoms with Crippen molar-refractivity contribution >= 4 is 40.1 Å². The van der Waals surface area contributed by atoms with Crippen LogP contribution in [-0.4, -0.2) is 28.5 Å². The number of amides is 1. The standard InChI is InChI=1S/C18H14ClN3O4/c1-26-18(25)11-6-7-13(19)15(8-11)21-16(23)9-22-10-20-14-5-3-2-4-12(14)17(22)24/h2-8,10H,9H2,1H3,(H,21,23). The van der Waals surface area contributed by atoms with E-state index < -0.39 is 11.9 Å². The molecule has 1 heterocycles. The molecule has 0 spiro atoms. The van der Waals surface area contributed by atoms with Gasteiger partial charge in [-0.25, -0.2) is 9.78 Å². The molecule has 132 valence electrons. The zero-order valence-corrected chi connectivity index (χ0v) is 14.5. The van der Waals surface area contributed by atoms with Gasteiger partial charge in [0.15, 0.2) is 0 Å². The second-order valence-electron chi connectivity index (χ2n) is 5.43. The number of hydrogen-bond acceptors (Lipinski definition) is 5. The quantitative estimate of drug-likeness (QED) is 0.711. The average Bonchev–Trinajstić information content (AvgIpc) is 2.65. The fourth-order valence-corrected chi connectivity index (χ4v) is 2.59. The number of halogens is 1. The molecule has 7 nitrogen and oxygen atoms in total. The van der Waals surface area contributed by atoms with Gasteiger partial charge in [0, 0.05) is 0 Å². The predicted molar refractivity (Wildman–Crippen MR) is 97.4 cm³/mol. The van der Waals surface area contributed by atoms with Crippen molar-refractivity contribution < 1.29 is 14.3 Å². The van der Waals surface area contributed by atoms with Crippen LogP contribution in [0.15, 0.2) is 53.6 Å². The van der Waals surface area contributed by atoms with E-state index in [9.17, 15) is 14.4 Å². The Hall–Kier alpha value is -3.19. The van der Waals surface area contributed by atoms with E-state index in [0.717, 1.165) is 0 Å². The third kappa shape index (κ3) is 3.57. The second-order valence-corrected chi connectivity index (χ2v) is 5.84. The van der Waals surface area contributed by atoms with Crippen molar-refractivity contribution in [1.29, 1.82) is 0 Å². The summed E-state index contributed by atoms with van der Waals surface area (Å²) >= 11 is 6.05. The molecule has 8 heteroatoms. The summed E-state index contributed by atoms with van der Waals surface area (Å²) in [5, 5.41) is 3.27. The summed E-state index contributed by atoms with van der Waals surface area (Å²) in [6, 6.07) is 11.3. The monoisotopic (exact) mass is 371 g/mol. The number of para-hydroxylation sites is 1. The van der Waals surface area contributed by atoms with E-state index in [2.05, 4.69) is 15.0 Å². The lowest BCUT2D eigenvalue weighted by molar-refractivity contribution is -0.116. The number of esters is 1. The first-order chi connectivity index (χ1) is 12.5. The number of ether oxygens (including phenoxy) is 1. The Morgan fingerprint density at radius 3 is 2.77 bits per heavy atom. The maximum absolute atomic E-state index is 12.4. The number of methoxy groups -OCH3 is 1. The van der Waals surface area contributed by atoms with E-state index in [-0.39, 0.29) is 28.4 Å². The molecule has 2 aromatic carbocycles. The molecule has 0 aliphatic heterocycles. The van der Waals surface area contributed by atoms with Crippen molar-refractivity contribution in [2.24, 2.45) is 0 Å². The van der Waals surface area contributed by atoms with E-state index in [1.807, 2.05) is 0 Å². The number of fused-ring (bicyclic) bond motifs is 1. The molecule has 26 heavy (non-hydrogen) atoms. The fraction of sp³-hybridized carbons (Fsp3) is 0.111. The van der Waals surface area contributed by atoms with Gasteiger partial charge in [-0.05, 0) is 30.3 Å². The molecule has 3 rings (SSSR count). The van der Waals surface area contributed by atoms with Crippen LogP contribution in [-0.2, 0) is 16.1 Å². The average molecular weight is 372 g/mol. The highest BCUT2D eigenvalue weighted by atomic mass is 35.5. The van der Waals surface area contributed by atoms with Crippen molar-refractivity contribution in [3.8, 4) is 0 Å². The van der Waals surface area contributed by atoms with Crippen molar-refractivity contribution in [2.45, 2.75) is 6.54 Å². The van der Waals surface area contributed by atoms with Gasteiger partial charge in [0.05, 0.1) is 40.6 Å². The molecule has 0 saturated carbocycles. The summed E-state index contributed by atoms with van der Waals surface area (Å²) in [5.41, 5.74) is 0.737. The van der Waals surface area contributed by atoms with Gasteiger partial charge in [0.1, 0.15) is 6.54 Å². The lowest BCUT2D eigenvalue weighted by Crippen LogP contribution is -2.28. The lowest BCUT2D eigenvalue weighted by Gasteiger charge is -2.10. The SMILES string of the molecule is COC(=O)c1ccc(Cl)c(NC(=O)Cn2cnc3ccccc3c2=O)c1. The van der Waals surface area contributed by atoms with Gasteiger partial charge in [-0.3, -0.25) is 14.2 Å². The van der Waals surface area contributed by atoms with E-state index in [4.69, 9.17) is 11.6 Å². The van der Waals surface area contributed by atoms with Gasteiger partial charge >= 0.3 is 5.97 Å². The zero-order chi connectivity index (χ0) is 18.7. The molecule has 0 atom stereocenters. The Morgan fingerprint density at radius 1 is 1.23 bits per heavy atom. The zero-order valence-electron chi connectivity index (χ0n) is 13.7. The van der Waals surface area contributed by atoms with Crippen molar-refractivity contribution in [3.63, 3.8) is 0 Å². The van der Waals surface area contributed by atoms with Crippen LogP contribution in [0.4, 0.5) is 5.69 Å². The molecule has 0 bridgehead atoms. The summed E-state index contributed by atoms with van der Waals surface area (Å²) in [6.45, 7) is -0.241.